The van der Waals surface area contributed by atoms with Crippen LogP contribution in [0, 0.1) is 12.7 Å². The maximum atomic E-state index is 13.2. The van der Waals surface area contributed by atoms with Crippen LogP contribution in [-0.2, 0) is 6.54 Å². The number of rotatable bonds is 5. The van der Waals surface area contributed by atoms with Gasteiger partial charge in [0.1, 0.15) is 5.82 Å². The van der Waals surface area contributed by atoms with E-state index in [0.717, 1.165) is 18.5 Å². The van der Waals surface area contributed by atoms with Crippen LogP contribution in [-0.4, -0.2) is 0 Å². The Labute approximate surface area is 128 Å². The van der Waals surface area contributed by atoms with Gasteiger partial charge in [-0.3, -0.25) is 0 Å². The van der Waals surface area contributed by atoms with Crippen molar-refractivity contribution in [2.45, 2.75) is 32.9 Å². The third kappa shape index (κ3) is 3.90. The summed E-state index contributed by atoms with van der Waals surface area (Å²) in [6.07, 6.45) is 1.02. The van der Waals surface area contributed by atoms with E-state index in [1.807, 2.05) is 12.1 Å². The topological polar surface area (TPSA) is 12.0 Å². The first-order chi connectivity index (χ1) is 9.60. The normalized spacial score (nSPS) is 12.4. The lowest BCUT2D eigenvalue weighted by Gasteiger charge is -2.18. The van der Waals surface area contributed by atoms with E-state index in [-0.39, 0.29) is 5.82 Å². The SMILES string of the molecule is CCC(NCc1ccc(F)c(Br)c1)c1ccc(C)cc1. The summed E-state index contributed by atoms with van der Waals surface area (Å²) in [6, 6.07) is 14.0. The largest absolute Gasteiger partial charge is 0.306 e. The Bertz CT molecular complexity index is 566. The summed E-state index contributed by atoms with van der Waals surface area (Å²) < 4.78 is 13.7. The van der Waals surface area contributed by atoms with Gasteiger partial charge in [-0.15, -0.1) is 0 Å². The van der Waals surface area contributed by atoms with Crippen LogP contribution in [0.2, 0.25) is 0 Å². The van der Waals surface area contributed by atoms with Gasteiger partial charge in [0, 0.05) is 12.6 Å². The molecule has 0 aliphatic rings. The molecule has 2 aromatic rings. The maximum Gasteiger partial charge on any atom is 0.137 e. The van der Waals surface area contributed by atoms with E-state index in [0.29, 0.717) is 10.5 Å². The molecule has 2 aromatic carbocycles. The quantitative estimate of drug-likeness (QED) is 0.797. The zero-order valence-electron chi connectivity index (χ0n) is 11.8. The van der Waals surface area contributed by atoms with E-state index in [9.17, 15) is 4.39 Å². The van der Waals surface area contributed by atoms with Gasteiger partial charge in [0.25, 0.3) is 0 Å². The van der Waals surface area contributed by atoms with Crippen molar-refractivity contribution in [2.75, 3.05) is 0 Å². The van der Waals surface area contributed by atoms with Crippen molar-refractivity contribution < 1.29 is 4.39 Å². The van der Waals surface area contributed by atoms with Gasteiger partial charge < -0.3 is 5.32 Å². The molecule has 1 N–H and O–H groups in total. The van der Waals surface area contributed by atoms with Crippen LogP contribution in [0.3, 0.4) is 0 Å². The minimum Gasteiger partial charge on any atom is -0.306 e. The number of benzene rings is 2. The highest BCUT2D eigenvalue weighted by molar-refractivity contribution is 9.10. The average molecular weight is 336 g/mol. The molecule has 1 atom stereocenters. The Kier molecular flexibility index (Phi) is 5.32. The highest BCUT2D eigenvalue weighted by Crippen LogP contribution is 2.20. The van der Waals surface area contributed by atoms with Crippen molar-refractivity contribution in [1.82, 2.24) is 5.32 Å². The van der Waals surface area contributed by atoms with Gasteiger partial charge in [-0.2, -0.15) is 0 Å². The van der Waals surface area contributed by atoms with Crippen molar-refractivity contribution in [3.63, 3.8) is 0 Å². The first kappa shape index (κ1) is 15.2. The van der Waals surface area contributed by atoms with Crippen molar-refractivity contribution >= 4 is 15.9 Å². The molecule has 1 unspecified atom stereocenters. The zero-order chi connectivity index (χ0) is 14.5. The highest BCUT2D eigenvalue weighted by Gasteiger charge is 2.09. The Morgan fingerprint density at radius 1 is 1.15 bits per heavy atom. The number of hydrogen-bond donors (Lipinski definition) is 1. The Morgan fingerprint density at radius 2 is 1.85 bits per heavy atom. The fraction of sp³-hybridized carbons (Fsp3) is 0.294. The fourth-order valence-corrected chi connectivity index (χ4v) is 2.61. The van der Waals surface area contributed by atoms with Crippen LogP contribution in [0.1, 0.15) is 36.1 Å². The zero-order valence-corrected chi connectivity index (χ0v) is 13.4. The van der Waals surface area contributed by atoms with E-state index in [1.54, 1.807) is 0 Å². The Hall–Kier alpha value is -1.19. The number of hydrogen-bond acceptors (Lipinski definition) is 1. The van der Waals surface area contributed by atoms with Gasteiger partial charge in [0.15, 0.2) is 0 Å². The molecule has 1 nitrogen and oxygen atoms in total. The van der Waals surface area contributed by atoms with E-state index in [2.05, 4.69) is 59.4 Å². The lowest BCUT2D eigenvalue weighted by molar-refractivity contribution is 0.518. The molecular weight excluding hydrogens is 317 g/mol. The molecule has 106 valence electrons. The molecule has 0 aliphatic carbocycles. The molecule has 0 heterocycles. The molecular formula is C17H19BrFN. The second kappa shape index (κ2) is 7.00. The van der Waals surface area contributed by atoms with E-state index >= 15 is 0 Å². The second-order valence-corrected chi connectivity index (χ2v) is 5.86. The number of aryl methyl sites for hydroxylation is 1. The van der Waals surface area contributed by atoms with Gasteiger partial charge in [-0.25, -0.2) is 4.39 Å². The molecule has 0 saturated carbocycles. The summed E-state index contributed by atoms with van der Waals surface area (Å²) in [6.45, 7) is 4.98. The Balaban J connectivity index is 2.03. The lowest BCUT2D eigenvalue weighted by Crippen LogP contribution is -2.20. The summed E-state index contributed by atoms with van der Waals surface area (Å²) in [7, 11) is 0. The van der Waals surface area contributed by atoms with Crippen molar-refractivity contribution in [3.05, 3.63) is 69.4 Å². The summed E-state index contributed by atoms with van der Waals surface area (Å²) >= 11 is 3.22. The third-order valence-corrected chi connectivity index (χ3v) is 4.03. The van der Waals surface area contributed by atoms with Gasteiger partial charge >= 0.3 is 0 Å². The van der Waals surface area contributed by atoms with Gasteiger partial charge in [0.2, 0.25) is 0 Å². The molecule has 3 heteroatoms. The second-order valence-electron chi connectivity index (χ2n) is 5.00. The van der Waals surface area contributed by atoms with E-state index in [4.69, 9.17) is 0 Å². The standard InChI is InChI=1S/C17H19BrFN/c1-3-17(14-7-4-12(2)5-8-14)20-11-13-6-9-16(19)15(18)10-13/h4-10,17,20H,3,11H2,1-2H3. The minimum absolute atomic E-state index is 0.223. The van der Waals surface area contributed by atoms with Crippen LogP contribution in [0.5, 0.6) is 0 Å². The fourth-order valence-electron chi connectivity index (χ4n) is 2.19. The van der Waals surface area contributed by atoms with Gasteiger partial charge in [-0.1, -0.05) is 42.8 Å². The number of nitrogens with one attached hydrogen (secondary N) is 1. The predicted octanol–water partition coefficient (Wildman–Crippen LogP) is 5.14. The molecule has 0 saturated heterocycles. The molecule has 0 spiro atoms. The summed E-state index contributed by atoms with van der Waals surface area (Å²) in [5.41, 5.74) is 3.63. The average Bonchev–Trinajstić information content (AvgIpc) is 2.45. The molecule has 0 amide bonds. The first-order valence-corrected chi connectivity index (χ1v) is 7.63. The Morgan fingerprint density at radius 3 is 2.45 bits per heavy atom. The van der Waals surface area contributed by atoms with Crippen LogP contribution in [0.25, 0.3) is 0 Å². The van der Waals surface area contributed by atoms with E-state index in [1.165, 1.54) is 17.2 Å². The van der Waals surface area contributed by atoms with Crippen LogP contribution in [0.15, 0.2) is 46.9 Å². The molecule has 0 aromatic heterocycles. The maximum absolute atomic E-state index is 13.2. The molecule has 2 rings (SSSR count). The molecule has 0 fully saturated rings. The summed E-state index contributed by atoms with van der Waals surface area (Å²) in [4.78, 5) is 0. The monoisotopic (exact) mass is 335 g/mol. The van der Waals surface area contributed by atoms with Crippen LogP contribution < -0.4 is 5.32 Å². The van der Waals surface area contributed by atoms with Crippen LogP contribution in [0.4, 0.5) is 4.39 Å². The van der Waals surface area contributed by atoms with Crippen LogP contribution >= 0.6 is 15.9 Å². The number of halogens is 2. The molecule has 20 heavy (non-hydrogen) atoms. The summed E-state index contributed by atoms with van der Waals surface area (Å²) in [5.74, 6) is -0.223. The summed E-state index contributed by atoms with van der Waals surface area (Å²) in [5, 5.41) is 3.52. The first-order valence-electron chi connectivity index (χ1n) is 6.84. The molecule has 0 aliphatic heterocycles. The molecule has 0 bridgehead atoms. The molecule has 0 radical (unpaired) electrons. The highest BCUT2D eigenvalue weighted by atomic mass is 79.9. The minimum atomic E-state index is -0.223. The van der Waals surface area contributed by atoms with Gasteiger partial charge in [0.05, 0.1) is 4.47 Å². The van der Waals surface area contributed by atoms with E-state index < -0.39 is 0 Å². The van der Waals surface area contributed by atoms with Crippen molar-refractivity contribution in [3.8, 4) is 0 Å². The predicted molar refractivity (Wildman–Crippen MR) is 85.2 cm³/mol. The van der Waals surface area contributed by atoms with Crippen molar-refractivity contribution in [2.24, 2.45) is 0 Å². The van der Waals surface area contributed by atoms with Gasteiger partial charge in [-0.05, 0) is 52.5 Å². The van der Waals surface area contributed by atoms with Crippen molar-refractivity contribution in [1.29, 1.82) is 0 Å². The third-order valence-electron chi connectivity index (χ3n) is 3.42. The smallest absolute Gasteiger partial charge is 0.137 e. The lowest BCUT2D eigenvalue weighted by atomic mass is 10.0.